The molecule has 0 atom stereocenters. The van der Waals surface area contributed by atoms with Gasteiger partial charge in [0.15, 0.2) is 0 Å². The number of aliphatic hydroxyl groups excluding tert-OH is 1. The average molecular weight is 262 g/mol. The number of carboxylic acids is 1. The second-order valence-corrected chi connectivity index (χ2v) is 4.19. The van der Waals surface area contributed by atoms with Crippen LogP contribution in [0.4, 0.5) is 0 Å². The van der Waals surface area contributed by atoms with Crippen LogP contribution in [0.15, 0.2) is 29.1 Å². The summed E-state index contributed by atoms with van der Waals surface area (Å²) in [6, 6.07) is 6.10. The molecule has 6 nitrogen and oxygen atoms in total. The smallest absolute Gasteiger partial charge is 0.335 e. The lowest BCUT2D eigenvalue weighted by Crippen LogP contribution is -2.18. The first kappa shape index (κ1) is 13.1. The molecule has 0 aliphatic rings. The number of hydrogen-bond donors (Lipinski definition) is 3. The Morgan fingerprint density at radius 2 is 2.16 bits per heavy atom. The minimum absolute atomic E-state index is 0.108. The molecule has 0 saturated carbocycles. The van der Waals surface area contributed by atoms with Crippen LogP contribution in [0.3, 0.4) is 0 Å². The van der Waals surface area contributed by atoms with E-state index in [0.29, 0.717) is 16.9 Å². The molecule has 1 aromatic heterocycles. The Labute approximate surface area is 108 Å². The zero-order valence-corrected chi connectivity index (χ0v) is 10.4. The lowest BCUT2D eigenvalue weighted by atomic mass is 10.2. The van der Waals surface area contributed by atoms with E-state index in [2.05, 4.69) is 5.10 Å². The van der Waals surface area contributed by atoms with Crippen molar-refractivity contribution in [2.45, 2.75) is 13.3 Å². The molecular weight excluding hydrogens is 248 g/mol. The van der Waals surface area contributed by atoms with Crippen LogP contribution in [0.25, 0.3) is 5.69 Å². The van der Waals surface area contributed by atoms with Gasteiger partial charge in [-0.05, 0) is 25.1 Å². The minimum atomic E-state index is -1.05. The number of carboxylic acid groups (broad SMARTS) is 1. The average Bonchev–Trinajstić information content (AvgIpc) is 2.67. The Bertz CT molecular complexity index is 670. The first-order valence-electron chi connectivity index (χ1n) is 5.79. The van der Waals surface area contributed by atoms with Crippen LogP contribution < -0.4 is 5.56 Å². The van der Waals surface area contributed by atoms with Crippen molar-refractivity contribution in [1.29, 1.82) is 0 Å². The van der Waals surface area contributed by atoms with Gasteiger partial charge in [-0.3, -0.25) is 9.89 Å². The van der Waals surface area contributed by atoms with Gasteiger partial charge in [-0.1, -0.05) is 6.07 Å². The molecule has 0 unspecified atom stereocenters. The molecule has 0 saturated heterocycles. The molecular formula is C13H14N2O4. The number of nitrogens with one attached hydrogen (secondary N) is 1. The highest BCUT2D eigenvalue weighted by Gasteiger charge is 2.12. The number of aromatic nitrogens is 2. The predicted octanol–water partition coefficient (Wildman–Crippen LogP) is 0.707. The van der Waals surface area contributed by atoms with Gasteiger partial charge in [0.2, 0.25) is 0 Å². The van der Waals surface area contributed by atoms with Crippen LogP contribution in [0, 0.1) is 6.92 Å². The van der Waals surface area contributed by atoms with Gasteiger partial charge < -0.3 is 10.2 Å². The maximum atomic E-state index is 12.1. The summed E-state index contributed by atoms with van der Waals surface area (Å²) in [5, 5.41) is 20.7. The summed E-state index contributed by atoms with van der Waals surface area (Å²) < 4.78 is 1.28. The second-order valence-electron chi connectivity index (χ2n) is 4.19. The summed E-state index contributed by atoms with van der Waals surface area (Å²) in [7, 11) is 0. The van der Waals surface area contributed by atoms with E-state index in [4.69, 9.17) is 10.2 Å². The van der Waals surface area contributed by atoms with Crippen LogP contribution >= 0.6 is 0 Å². The largest absolute Gasteiger partial charge is 0.478 e. The van der Waals surface area contributed by atoms with Crippen molar-refractivity contribution in [3.63, 3.8) is 0 Å². The number of aromatic carboxylic acids is 1. The number of H-pyrrole nitrogens is 1. The van der Waals surface area contributed by atoms with Crippen molar-refractivity contribution in [2.75, 3.05) is 6.61 Å². The highest BCUT2D eigenvalue weighted by molar-refractivity contribution is 5.88. The summed E-state index contributed by atoms with van der Waals surface area (Å²) in [6.45, 7) is 1.63. The van der Waals surface area contributed by atoms with E-state index >= 15 is 0 Å². The fraction of sp³-hybridized carbons (Fsp3) is 0.231. The van der Waals surface area contributed by atoms with Crippen LogP contribution in [0.5, 0.6) is 0 Å². The van der Waals surface area contributed by atoms with Gasteiger partial charge in [0, 0.05) is 24.3 Å². The normalized spacial score (nSPS) is 10.6. The van der Waals surface area contributed by atoms with Crippen molar-refractivity contribution < 1.29 is 15.0 Å². The molecule has 0 aliphatic heterocycles. The summed E-state index contributed by atoms with van der Waals surface area (Å²) in [6.07, 6.45) is 0.271. The van der Waals surface area contributed by atoms with Gasteiger partial charge in [-0.2, -0.15) is 0 Å². The number of carbonyl (C=O) groups is 1. The number of aliphatic hydroxyl groups is 1. The standard InChI is InChI=1S/C13H14N2O4/c1-8-11(5-6-16)12(17)15(14-8)10-4-2-3-9(7-10)13(18)19/h2-4,7,14,16H,5-6H2,1H3,(H,18,19). The lowest BCUT2D eigenvalue weighted by molar-refractivity contribution is 0.0697. The number of aromatic amines is 1. The zero-order chi connectivity index (χ0) is 14.0. The molecule has 2 rings (SSSR count). The molecule has 3 N–H and O–H groups in total. The SMILES string of the molecule is Cc1[nH]n(-c2cccc(C(=O)O)c2)c(=O)c1CCO. The Kier molecular flexibility index (Phi) is 3.52. The van der Waals surface area contributed by atoms with Crippen LogP contribution in [0.2, 0.25) is 0 Å². The fourth-order valence-corrected chi connectivity index (χ4v) is 1.95. The minimum Gasteiger partial charge on any atom is -0.478 e. The summed E-state index contributed by atoms with van der Waals surface area (Å²) in [5.74, 6) is -1.05. The molecule has 0 radical (unpaired) electrons. The van der Waals surface area contributed by atoms with Crippen molar-refractivity contribution in [3.05, 3.63) is 51.4 Å². The molecule has 6 heteroatoms. The molecule has 0 spiro atoms. The number of aryl methyl sites for hydroxylation is 1. The molecule has 0 bridgehead atoms. The Hall–Kier alpha value is -2.34. The van der Waals surface area contributed by atoms with Crippen molar-refractivity contribution in [3.8, 4) is 5.69 Å². The third-order valence-electron chi connectivity index (χ3n) is 2.91. The molecule has 100 valence electrons. The number of hydrogen-bond acceptors (Lipinski definition) is 3. The second kappa shape index (κ2) is 5.11. The summed E-state index contributed by atoms with van der Waals surface area (Å²) in [4.78, 5) is 23.0. The maximum Gasteiger partial charge on any atom is 0.335 e. The Balaban J connectivity index is 2.53. The zero-order valence-electron chi connectivity index (χ0n) is 10.4. The lowest BCUT2D eigenvalue weighted by Gasteiger charge is -2.02. The Morgan fingerprint density at radius 3 is 2.79 bits per heavy atom. The van der Waals surface area contributed by atoms with Gasteiger partial charge >= 0.3 is 5.97 Å². The topological polar surface area (TPSA) is 95.3 Å². The highest BCUT2D eigenvalue weighted by atomic mass is 16.4. The maximum absolute atomic E-state index is 12.1. The van der Waals surface area contributed by atoms with Crippen molar-refractivity contribution in [1.82, 2.24) is 9.78 Å². The Morgan fingerprint density at radius 1 is 1.42 bits per heavy atom. The molecule has 1 heterocycles. The van der Waals surface area contributed by atoms with Crippen molar-refractivity contribution in [2.24, 2.45) is 0 Å². The molecule has 1 aromatic carbocycles. The van der Waals surface area contributed by atoms with E-state index in [-0.39, 0.29) is 24.2 Å². The van der Waals surface area contributed by atoms with E-state index in [9.17, 15) is 9.59 Å². The number of benzene rings is 1. The van der Waals surface area contributed by atoms with Gasteiger partial charge in [0.05, 0.1) is 11.3 Å². The highest BCUT2D eigenvalue weighted by Crippen LogP contribution is 2.10. The fourth-order valence-electron chi connectivity index (χ4n) is 1.95. The quantitative estimate of drug-likeness (QED) is 0.756. The van der Waals surface area contributed by atoms with E-state index in [0.717, 1.165) is 0 Å². The summed E-state index contributed by atoms with van der Waals surface area (Å²) >= 11 is 0. The van der Waals surface area contributed by atoms with E-state index in [1.165, 1.54) is 16.8 Å². The molecule has 19 heavy (non-hydrogen) atoms. The van der Waals surface area contributed by atoms with E-state index < -0.39 is 5.97 Å². The third kappa shape index (κ3) is 2.43. The van der Waals surface area contributed by atoms with Gasteiger partial charge in [0.25, 0.3) is 5.56 Å². The molecule has 2 aromatic rings. The monoisotopic (exact) mass is 262 g/mol. The van der Waals surface area contributed by atoms with Crippen LogP contribution in [-0.4, -0.2) is 32.6 Å². The summed E-state index contributed by atoms with van der Waals surface area (Å²) in [5.41, 5.74) is 1.47. The predicted molar refractivity (Wildman–Crippen MR) is 68.9 cm³/mol. The van der Waals surface area contributed by atoms with E-state index in [1.54, 1.807) is 19.1 Å². The van der Waals surface area contributed by atoms with Crippen molar-refractivity contribution >= 4 is 5.97 Å². The third-order valence-corrected chi connectivity index (χ3v) is 2.91. The number of nitrogens with zero attached hydrogens (tertiary/aromatic N) is 1. The van der Waals surface area contributed by atoms with E-state index in [1.807, 2.05) is 0 Å². The van der Waals surface area contributed by atoms with Gasteiger partial charge in [-0.15, -0.1) is 0 Å². The van der Waals surface area contributed by atoms with Gasteiger partial charge in [-0.25, -0.2) is 9.48 Å². The first-order valence-corrected chi connectivity index (χ1v) is 5.79. The van der Waals surface area contributed by atoms with Crippen LogP contribution in [0.1, 0.15) is 21.6 Å². The first-order chi connectivity index (χ1) is 9.04. The van der Waals surface area contributed by atoms with Gasteiger partial charge in [0.1, 0.15) is 0 Å². The molecule has 0 fully saturated rings. The molecule has 0 amide bonds. The molecule has 0 aliphatic carbocycles. The number of rotatable bonds is 4. The van der Waals surface area contributed by atoms with Crippen LogP contribution in [-0.2, 0) is 6.42 Å².